The molecule has 2 aromatic heterocycles. The molecule has 8 heteroatoms. The highest BCUT2D eigenvalue weighted by atomic mass is 16.5. The molecule has 0 aliphatic heterocycles. The molecule has 1 aromatic carbocycles. The van der Waals surface area contributed by atoms with Gasteiger partial charge in [0.2, 0.25) is 0 Å². The number of hydrogen-bond acceptors (Lipinski definition) is 7. The van der Waals surface area contributed by atoms with Crippen LogP contribution in [0.4, 0.5) is 0 Å². The van der Waals surface area contributed by atoms with Gasteiger partial charge >= 0.3 is 5.97 Å². The van der Waals surface area contributed by atoms with E-state index in [0.717, 1.165) is 5.56 Å². The number of fused-ring (bicyclic) bond motifs is 1. The fraction of sp³-hybridized carbons (Fsp3) is 0.364. The summed E-state index contributed by atoms with van der Waals surface area (Å²) in [5, 5.41) is 7.41. The molecule has 8 nitrogen and oxygen atoms in total. The molecule has 1 N–H and O–H groups in total. The van der Waals surface area contributed by atoms with Crippen LogP contribution in [-0.4, -0.2) is 35.2 Å². The lowest BCUT2D eigenvalue weighted by Crippen LogP contribution is -2.31. The second-order valence-electron chi connectivity index (χ2n) is 7.30. The molecule has 0 saturated heterocycles. The van der Waals surface area contributed by atoms with E-state index in [-0.39, 0.29) is 18.4 Å². The predicted octanol–water partition coefficient (Wildman–Crippen LogP) is 3.66. The number of ether oxygens (including phenoxy) is 2. The summed E-state index contributed by atoms with van der Waals surface area (Å²) < 4.78 is 15.7. The van der Waals surface area contributed by atoms with Gasteiger partial charge in [-0.15, -0.1) is 0 Å². The first-order valence-electron chi connectivity index (χ1n) is 9.66. The average Bonchev–Trinajstić information content (AvgIpc) is 3.06. The Balaban J connectivity index is 1.93. The molecule has 3 rings (SSSR count). The van der Waals surface area contributed by atoms with Gasteiger partial charge in [0.05, 0.1) is 42.3 Å². The molecule has 158 valence electrons. The normalized spacial score (nSPS) is 12.1. The van der Waals surface area contributed by atoms with Crippen LogP contribution in [0.5, 0.6) is 5.75 Å². The Bertz CT molecular complexity index is 1060. The van der Waals surface area contributed by atoms with Gasteiger partial charge in [-0.05, 0) is 51.5 Å². The Hall–Kier alpha value is -3.42. The summed E-state index contributed by atoms with van der Waals surface area (Å²) in [5.74, 6) is -0.0709. The largest absolute Gasteiger partial charge is 0.497 e. The molecule has 0 saturated carbocycles. The summed E-state index contributed by atoms with van der Waals surface area (Å²) in [6.07, 6.45) is -0.252. The van der Waals surface area contributed by atoms with Crippen molar-refractivity contribution in [2.24, 2.45) is 0 Å². The third kappa shape index (κ3) is 4.76. The number of carbonyl (C=O) groups is 2. The van der Waals surface area contributed by atoms with Crippen LogP contribution in [0.3, 0.4) is 0 Å². The van der Waals surface area contributed by atoms with Crippen molar-refractivity contribution in [3.63, 3.8) is 0 Å². The van der Waals surface area contributed by atoms with Crippen LogP contribution in [0.2, 0.25) is 0 Å². The van der Waals surface area contributed by atoms with E-state index in [1.807, 2.05) is 12.1 Å². The second kappa shape index (κ2) is 8.94. The van der Waals surface area contributed by atoms with Crippen LogP contribution in [0.15, 0.2) is 34.9 Å². The van der Waals surface area contributed by atoms with E-state index < -0.39 is 12.0 Å². The summed E-state index contributed by atoms with van der Waals surface area (Å²) >= 11 is 0. The van der Waals surface area contributed by atoms with Crippen LogP contribution in [-0.2, 0) is 9.53 Å². The highest BCUT2D eigenvalue weighted by molar-refractivity contribution is 6.06. The maximum atomic E-state index is 13.2. The van der Waals surface area contributed by atoms with Crippen LogP contribution in [0, 0.1) is 13.8 Å². The molecule has 0 aliphatic carbocycles. The van der Waals surface area contributed by atoms with E-state index in [1.165, 1.54) is 0 Å². The number of methoxy groups -OCH3 is 1. The van der Waals surface area contributed by atoms with E-state index in [9.17, 15) is 9.59 Å². The standard InChI is InChI=1S/C22H25N3O5/c1-12(2)29-19(26)11-18(15-6-8-16(28-5)9-7-15)24-21(27)17-10-13(3)23-22-20(17)14(4)25-30-22/h6-10,12,18H,11H2,1-5H3,(H,24,27)/t18-/m1/s1. The van der Waals surface area contributed by atoms with E-state index >= 15 is 0 Å². The third-order valence-corrected chi connectivity index (χ3v) is 4.55. The number of hydrogen-bond donors (Lipinski definition) is 1. The third-order valence-electron chi connectivity index (χ3n) is 4.55. The molecule has 3 aromatic rings. The van der Waals surface area contributed by atoms with Gasteiger partial charge in [-0.1, -0.05) is 17.3 Å². The van der Waals surface area contributed by atoms with Gasteiger partial charge < -0.3 is 19.3 Å². The van der Waals surface area contributed by atoms with Gasteiger partial charge in [-0.3, -0.25) is 9.59 Å². The zero-order valence-corrected chi connectivity index (χ0v) is 17.7. The molecule has 0 fully saturated rings. The quantitative estimate of drug-likeness (QED) is 0.592. The predicted molar refractivity (Wildman–Crippen MR) is 110 cm³/mol. The lowest BCUT2D eigenvalue weighted by Gasteiger charge is -2.20. The molecule has 0 aliphatic rings. The van der Waals surface area contributed by atoms with Crippen molar-refractivity contribution in [2.75, 3.05) is 7.11 Å². The molecule has 0 unspecified atom stereocenters. The van der Waals surface area contributed by atoms with Crippen molar-refractivity contribution >= 4 is 23.0 Å². The summed E-state index contributed by atoms with van der Waals surface area (Å²) in [6, 6.07) is 8.27. The Morgan fingerprint density at radius 3 is 2.50 bits per heavy atom. The molecule has 1 amide bonds. The van der Waals surface area contributed by atoms with Gasteiger partial charge in [-0.2, -0.15) is 0 Å². The molecule has 30 heavy (non-hydrogen) atoms. The number of amides is 1. The molecule has 1 atom stereocenters. The number of aromatic nitrogens is 2. The lowest BCUT2D eigenvalue weighted by molar-refractivity contribution is -0.147. The minimum absolute atomic E-state index is 0.00786. The topological polar surface area (TPSA) is 104 Å². The van der Waals surface area contributed by atoms with Crippen LogP contribution >= 0.6 is 0 Å². The molecule has 0 radical (unpaired) electrons. The Kier molecular flexibility index (Phi) is 6.34. The first-order valence-corrected chi connectivity index (χ1v) is 9.66. The summed E-state index contributed by atoms with van der Waals surface area (Å²) in [7, 11) is 1.58. The molecule has 0 spiro atoms. The van der Waals surface area contributed by atoms with Gasteiger partial charge in [0.15, 0.2) is 0 Å². The molecule has 0 bridgehead atoms. The Morgan fingerprint density at radius 2 is 1.87 bits per heavy atom. The van der Waals surface area contributed by atoms with Gasteiger partial charge in [-0.25, -0.2) is 4.98 Å². The first-order chi connectivity index (χ1) is 14.3. The fourth-order valence-electron chi connectivity index (χ4n) is 3.20. The van der Waals surface area contributed by atoms with Gasteiger partial charge in [0.1, 0.15) is 5.75 Å². The highest BCUT2D eigenvalue weighted by Gasteiger charge is 2.24. The SMILES string of the molecule is COc1ccc([C@@H](CC(=O)OC(C)C)NC(=O)c2cc(C)nc3onc(C)c23)cc1. The molecule has 2 heterocycles. The monoisotopic (exact) mass is 411 g/mol. The second-order valence-corrected chi connectivity index (χ2v) is 7.30. The van der Waals surface area contributed by atoms with Crippen LogP contribution in [0.1, 0.15) is 53.6 Å². The van der Waals surface area contributed by atoms with Crippen molar-refractivity contribution in [3.8, 4) is 5.75 Å². The fourth-order valence-corrected chi connectivity index (χ4v) is 3.20. The van der Waals surface area contributed by atoms with Crippen molar-refractivity contribution in [1.29, 1.82) is 0 Å². The smallest absolute Gasteiger partial charge is 0.308 e. The molecular weight excluding hydrogens is 386 g/mol. The number of rotatable bonds is 7. The number of carbonyl (C=O) groups excluding carboxylic acids is 2. The average molecular weight is 411 g/mol. The van der Waals surface area contributed by atoms with Crippen molar-refractivity contribution < 1.29 is 23.6 Å². The number of pyridine rings is 1. The van der Waals surface area contributed by atoms with E-state index in [0.29, 0.717) is 33.8 Å². The van der Waals surface area contributed by atoms with Gasteiger partial charge in [0, 0.05) is 5.69 Å². The number of nitrogens with one attached hydrogen (secondary N) is 1. The Labute approximate surface area is 174 Å². The number of nitrogens with zero attached hydrogens (tertiary/aromatic N) is 2. The summed E-state index contributed by atoms with van der Waals surface area (Å²) in [6.45, 7) is 7.09. The first kappa shape index (κ1) is 21.3. The number of esters is 1. The van der Waals surface area contributed by atoms with Crippen LogP contribution in [0.25, 0.3) is 11.1 Å². The minimum Gasteiger partial charge on any atom is -0.497 e. The maximum Gasteiger partial charge on any atom is 0.308 e. The lowest BCUT2D eigenvalue weighted by atomic mass is 10.0. The molecular formula is C22H25N3O5. The minimum atomic E-state index is -0.585. The van der Waals surface area contributed by atoms with Crippen molar-refractivity contribution in [2.45, 2.75) is 46.3 Å². The number of aryl methyl sites for hydroxylation is 2. The van der Waals surface area contributed by atoms with E-state index in [4.69, 9.17) is 14.0 Å². The van der Waals surface area contributed by atoms with Gasteiger partial charge in [0.25, 0.3) is 11.6 Å². The van der Waals surface area contributed by atoms with E-state index in [2.05, 4.69) is 15.5 Å². The maximum absolute atomic E-state index is 13.2. The van der Waals surface area contributed by atoms with Crippen molar-refractivity contribution in [1.82, 2.24) is 15.5 Å². The van der Waals surface area contributed by atoms with Crippen LogP contribution < -0.4 is 10.1 Å². The van der Waals surface area contributed by atoms with Crippen molar-refractivity contribution in [3.05, 3.63) is 52.8 Å². The summed E-state index contributed by atoms with van der Waals surface area (Å²) in [4.78, 5) is 29.8. The highest BCUT2D eigenvalue weighted by Crippen LogP contribution is 2.25. The number of benzene rings is 1. The van der Waals surface area contributed by atoms with E-state index in [1.54, 1.807) is 53.0 Å². The zero-order chi connectivity index (χ0) is 21.8. The summed E-state index contributed by atoms with van der Waals surface area (Å²) in [5.41, 5.74) is 2.66. The Morgan fingerprint density at radius 1 is 1.17 bits per heavy atom. The zero-order valence-electron chi connectivity index (χ0n) is 17.7.